The number of hydrogen-bond donors (Lipinski definition) is 1. The Balaban J connectivity index is 3.05. The Labute approximate surface area is 78.9 Å². The maximum absolute atomic E-state index is 5.69. The van der Waals surface area contributed by atoms with Gasteiger partial charge in [0.1, 0.15) is 0 Å². The molecular weight excluding hydrogens is 162 g/mol. The summed E-state index contributed by atoms with van der Waals surface area (Å²) in [5.41, 5.74) is 7.87. The van der Waals surface area contributed by atoms with Gasteiger partial charge < -0.3 is 10.6 Å². The van der Waals surface area contributed by atoms with E-state index in [9.17, 15) is 0 Å². The Morgan fingerprint density at radius 1 is 1.62 bits per heavy atom. The molecule has 0 radical (unpaired) electrons. The summed E-state index contributed by atoms with van der Waals surface area (Å²) in [6, 6.07) is 0. The molecular formula is C10H15N3. The molecule has 0 bridgehead atoms. The van der Waals surface area contributed by atoms with Crippen molar-refractivity contribution in [3.05, 3.63) is 36.1 Å². The van der Waals surface area contributed by atoms with Gasteiger partial charge in [0.05, 0.1) is 6.54 Å². The molecule has 0 fully saturated rings. The molecule has 1 rings (SSSR count). The third-order valence-electron chi connectivity index (χ3n) is 2.02. The number of aliphatic imine (C=N–C) groups is 1. The van der Waals surface area contributed by atoms with E-state index in [0.29, 0.717) is 12.5 Å². The summed E-state index contributed by atoms with van der Waals surface area (Å²) in [5.74, 6) is 0.554. The zero-order chi connectivity index (χ0) is 9.84. The van der Waals surface area contributed by atoms with E-state index in [2.05, 4.69) is 11.6 Å². The fourth-order valence-corrected chi connectivity index (χ4v) is 1.24. The van der Waals surface area contributed by atoms with E-state index in [0.717, 1.165) is 11.3 Å². The van der Waals surface area contributed by atoms with Gasteiger partial charge in [-0.2, -0.15) is 0 Å². The van der Waals surface area contributed by atoms with E-state index >= 15 is 0 Å². The molecule has 0 aromatic heterocycles. The molecule has 2 N–H and O–H groups in total. The zero-order valence-corrected chi connectivity index (χ0v) is 8.12. The molecule has 0 aromatic carbocycles. The highest BCUT2D eigenvalue weighted by Gasteiger charge is 2.14. The summed E-state index contributed by atoms with van der Waals surface area (Å²) in [5, 5.41) is 0. The molecule has 0 spiro atoms. The lowest BCUT2D eigenvalue weighted by Crippen LogP contribution is -2.36. The van der Waals surface area contributed by atoms with Gasteiger partial charge in [-0.1, -0.05) is 18.7 Å². The number of guanidine groups is 1. The Morgan fingerprint density at radius 3 is 2.85 bits per heavy atom. The van der Waals surface area contributed by atoms with E-state index in [1.54, 1.807) is 0 Å². The van der Waals surface area contributed by atoms with E-state index in [1.165, 1.54) is 0 Å². The molecule has 3 nitrogen and oxygen atoms in total. The average molecular weight is 177 g/mol. The Bertz CT molecular complexity index is 297. The van der Waals surface area contributed by atoms with Gasteiger partial charge in [-0.05, 0) is 18.6 Å². The summed E-state index contributed by atoms with van der Waals surface area (Å²) < 4.78 is 0. The van der Waals surface area contributed by atoms with Gasteiger partial charge in [0.25, 0.3) is 0 Å². The van der Waals surface area contributed by atoms with Crippen molar-refractivity contribution in [2.75, 3.05) is 13.6 Å². The summed E-state index contributed by atoms with van der Waals surface area (Å²) in [4.78, 5) is 6.01. The minimum atomic E-state index is 0.554. The Hall–Kier alpha value is -1.51. The van der Waals surface area contributed by atoms with Crippen LogP contribution in [0.1, 0.15) is 6.92 Å². The molecule has 13 heavy (non-hydrogen) atoms. The molecule has 0 amide bonds. The quantitative estimate of drug-likeness (QED) is 0.690. The number of nitrogens with two attached hydrogens (primary N) is 1. The van der Waals surface area contributed by atoms with Crippen LogP contribution in [-0.4, -0.2) is 24.5 Å². The normalized spacial score (nSPS) is 18.0. The highest BCUT2D eigenvalue weighted by atomic mass is 15.3. The first kappa shape index (κ1) is 9.58. The molecule has 70 valence electrons. The minimum Gasteiger partial charge on any atom is -0.370 e. The number of rotatable bonds is 2. The number of likely N-dealkylation sites (N-methyl/N-ethyl adjacent to an activating group) is 1. The van der Waals surface area contributed by atoms with Crippen molar-refractivity contribution in [2.24, 2.45) is 10.7 Å². The molecule has 1 aliphatic rings. The predicted octanol–water partition coefficient (Wildman–Crippen LogP) is 1.26. The summed E-state index contributed by atoms with van der Waals surface area (Å²) in [7, 11) is 1.90. The van der Waals surface area contributed by atoms with Gasteiger partial charge in [0, 0.05) is 12.7 Å². The van der Waals surface area contributed by atoms with E-state index < -0.39 is 0 Å². The van der Waals surface area contributed by atoms with Crippen LogP contribution in [0.15, 0.2) is 41.1 Å². The SMILES string of the molecule is C=CC1=C(/C=C\C)N(C)C(N)=NC1. The third kappa shape index (κ3) is 1.80. The van der Waals surface area contributed by atoms with Crippen LogP contribution < -0.4 is 5.73 Å². The van der Waals surface area contributed by atoms with Gasteiger partial charge in [-0.25, -0.2) is 4.99 Å². The number of hydrogen-bond acceptors (Lipinski definition) is 3. The van der Waals surface area contributed by atoms with Crippen LogP contribution >= 0.6 is 0 Å². The second-order valence-corrected chi connectivity index (χ2v) is 2.85. The highest BCUT2D eigenvalue weighted by Crippen LogP contribution is 2.16. The van der Waals surface area contributed by atoms with Gasteiger partial charge in [-0.15, -0.1) is 0 Å². The average Bonchev–Trinajstić information content (AvgIpc) is 2.14. The van der Waals surface area contributed by atoms with Crippen molar-refractivity contribution in [2.45, 2.75) is 6.92 Å². The first-order valence-electron chi connectivity index (χ1n) is 4.22. The fraction of sp³-hybridized carbons (Fsp3) is 0.300. The van der Waals surface area contributed by atoms with Crippen LogP contribution in [-0.2, 0) is 0 Å². The topological polar surface area (TPSA) is 41.6 Å². The van der Waals surface area contributed by atoms with Crippen molar-refractivity contribution >= 4 is 5.96 Å². The van der Waals surface area contributed by atoms with Crippen LogP contribution in [0.2, 0.25) is 0 Å². The molecule has 0 atom stereocenters. The van der Waals surface area contributed by atoms with E-state index in [-0.39, 0.29) is 0 Å². The molecule has 0 aromatic rings. The molecule has 0 unspecified atom stereocenters. The second-order valence-electron chi connectivity index (χ2n) is 2.85. The third-order valence-corrected chi connectivity index (χ3v) is 2.02. The van der Waals surface area contributed by atoms with Crippen LogP contribution in [0.5, 0.6) is 0 Å². The molecule has 1 aliphatic heterocycles. The fourth-order valence-electron chi connectivity index (χ4n) is 1.24. The highest BCUT2D eigenvalue weighted by molar-refractivity contribution is 5.81. The van der Waals surface area contributed by atoms with Crippen molar-refractivity contribution in [1.29, 1.82) is 0 Å². The van der Waals surface area contributed by atoms with Gasteiger partial charge >= 0.3 is 0 Å². The van der Waals surface area contributed by atoms with E-state index in [1.807, 2.05) is 37.1 Å². The molecule has 0 aliphatic carbocycles. The monoisotopic (exact) mass is 177 g/mol. The van der Waals surface area contributed by atoms with E-state index in [4.69, 9.17) is 5.73 Å². The predicted molar refractivity (Wildman–Crippen MR) is 56.3 cm³/mol. The standard InChI is InChI=1S/C10H15N3/c1-4-6-9-8(5-2)7-12-10(11)13(9)3/h4-6H,2,7H2,1,3H3,(H2,11,12)/b6-4-. The molecule has 0 saturated heterocycles. The van der Waals surface area contributed by atoms with Crippen molar-refractivity contribution < 1.29 is 0 Å². The molecule has 0 saturated carbocycles. The van der Waals surface area contributed by atoms with Crippen molar-refractivity contribution in [3.63, 3.8) is 0 Å². The lowest BCUT2D eigenvalue weighted by molar-refractivity contribution is 0.612. The largest absolute Gasteiger partial charge is 0.370 e. The van der Waals surface area contributed by atoms with Gasteiger partial charge in [-0.3, -0.25) is 0 Å². The van der Waals surface area contributed by atoms with Gasteiger partial charge in [0.2, 0.25) is 0 Å². The lowest BCUT2D eigenvalue weighted by atomic mass is 10.1. The van der Waals surface area contributed by atoms with Crippen molar-refractivity contribution in [1.82, 2.24) is 4.90 Å². The lowest BCUT2D eigenvalue weighted by Gasteiger charge is -2.25. The number of nitrogens with zero attached hydrogens (tertiary/aromatic N) is 2. The summed E-state index contributed by atoms with van der Waals surface area (Å²) in [6.07, 6.45) is 5.81. The van der Waals surface area contributed by atoms with Gasteiger partial charge in [0.15, 0.2) is 5.96 Å². The maximum Gasteiger partial charge on any atom is 0.195 e. The summed E-state index contributed by atoms with van der Waals surface area (Å²) in [6.45, 7) is 6.35. The smallest absolute Gasteiger partial charge is 0.195 e. The Kier molecular flexibility index (Phi) is 2.90. The molecule has 1 heterocycles. The zero-order valence-electron chi connectivity index (χ0n) is 8.12. The van der Waals surface area contributed by atoms with Crippen LogP contribution in [0.3, 0.4) is 0 Å². The van der Waals surface area contributed by atoms with Crippen LogP contribution in [0.25, 0.3) is 0 Å². The number of allylic oxidation sites excluding steroid dienone is 2. The minimum absolute atomic E-state index is 0.554. The first-order valence-corrected chi connectivity index (χ1v) is 4.22. The van der Waals surface area contributed by atoms with Crippen molar-refractivity contribution in [3.8, 4) is 0 Å². The Morgan fingerprint density at radius 2 is 2.31 bits per heavy atom. The van der Waals surface area contributed by atoms with Crippen LogP contribution in [0.4, 0.5) is 0 Å². The second kappa shape index (κ2) is 3.94. The summed E-state index contributed by atoms with van der Waals surface area (Å²) >= 11 is 0. The maximum atomic E-state index is 5.69. The van der Waals surface area contributed by atoms with Crippen LogP contribution in [0, 0.1) is 0 Å². The first-order chi connectivity index (χ1) is 6.20. The molecule has 3 heteroatoms.